The van der Waals surface area contributed by atoms with E-state index in [0.717, 1.165) is 0 Å². The highest BCUT2D eigenvalue weighted by Crippen LogP contribution is 2.40. The first kappa shape index (κ1) is 9.03. The van der Waals surface area contributed by atoms with Crippen LogP contribution in [0.25, 0.3) is 0 Å². The minimum atomic E-state index is -0.268. The maximum Gasteiger partial charge on any atom is 0.309 e. The molecule has 4 nitrogen and oxygen atoms in total. The van der Waals surface area contributed by atoms with Crippen LogP contribution in [-0.4, -0.2) is 38.0 Å². The SMILES string of the molecule is COC(=O)[C@H]1C[C@@H]1C(=O)N(C)C. The standard InChI is InChI=1S/C8H13NO3/c1-9(2)7(10)5-4-6(5)8(11)12-3/h5-6H,4H2,1-3H3/t5-,6-/m0/s1. The van der Waals surface area contributed by atoms with E-state index in [9.17, 15) is 9.59 Å². The minimum Gasteiger partial charge on any atom is -0.469 e. The van der Waals surface area contributed by atoms with Crippen molar-refractivity contribution in [2.75, 3.05) is 21.2 Å². The van der Waals surface area contributed by atoms with Crippen LogP contribution < -0.4 is 0 Å². The maximum atomic E-state index is 11.3. The van der Waals surface area contributed by atoms with E-state index in [0.29, 0.717) is 6.42 Å². The molecular formula is C8H13NO3. The topological polar surface area (TPSA) is 46.6 Å². The highest BCUT2D eigenvalue weighted by molar-refractivity contribution is 5.89. The zero-order valence-electron chi connectivity index (χ0n) is 7.53. The lowest BCUT2D eigenvalue weighted by molar-refractivity contribution is -0.144. The first-order chi connectivity index (χ1) is 5.57. The number of carbonyl (C=O) groups excluding carboxylic acids is 2. The monoisotopic (exact) mass is 171 g/mol. The Morgan fingerprint density at radius 1 is 1.33 bits per heavy atom. The summed E-state index contributed by atoms with van der Waals surface area (Å²) in [6.45, 7) is 0. The molecule has 1 aliphatic carbocycles. The van der Waals surface area contributed by atoms with Crippen LogP contribution in [0.3, 0.4) is 0 Å². The third kappa shape index (κ3) is 1.57. The molecule has 1 amide bonds. The van der Waals surface area contributed by atoms with Crippen molar-refractivity contribution in [1.82, 2.24) is 4.90 Å². The van der Waals surface area contributed by atoms with Crippen LogP contribution in [0, 0.1) is 11.8 Å². The van der Waals surface area contributed by atoms with Crippen molar-refractivity contribution in [1.29, 1.82) is 0 Å². The largest absolute Gasteiger partial charge is 0.469 e. The third-order valence-corrected chi connectivity index (χ3v) is 2.05. The fraction of sp³-hybridized carbons (Fsp3) is 0.750. The van der Waals surface area contributed by atoms with Gasteiger partial charge in [-0.1, -0.05) is 0 Å². The summed E-state index contributed by atoms with van der Waals surface area (Å²) in [5.41, 5.74) is 0. The number of hydrogen-bond acceptors (Lipinski definition) is 3. The second-order valence-corrected chi connectivity index (χ2v) is 3.20. The van der Waals surface area contributed by atoms with Gasteiger partial charge in [0.25, 0.3) is 0 Å². The molecule has 0 spiro atoms. The van der Waals surface area contributed by atoms with Crippen LogP contribution in [0.4, 0.5) is 0 Å². The van der Waals surface area contributed by atoms with Gasteiger partial charge in [-0.2, -0.15) is 0 Å². The van der Waals surface area contributed by atoms with Gasteiger partial charge in [-0.3, -0.25) is 9.59 Å². The summed E-state index contributed by atoms with van der Waals surface area (Å²) in [6, 6.07) is 0. The van der Waals surface area contributed by atoms with Crippen LogP contribution in [0.15, 0.2) is 0 Å². The Labute approximate surface area is 71.5 Å². The zero-order chi connectivity index (χ0) is 9.30. The highest BCUT2D eigenvalue weighted by atomic mass is 16.5. The van der Waals surface area contributed by atoms with E-state index in [2.05, 4.69) is 4.74 Å². The second-order valence-electron chi connectivity index (χ2n) is 3.20. The first-order valence-corrected chi connectivity index (χ1v) is 3.87. The fourth-order valence-corrected chi connectivity index (χ4v) is 1.21. The number of ether oxygens (including phenoxy) is 1. The van der Waals surface area contributed by atoms with Gasteiger partial charge in [0.2, 0.25) is 5.91 Å². The van der Waals surface area contributed by atoms with Gasteiger partial charge in [0.15, 0.2) is 0 Å². The van der Waals surface area contributed by atoms with Crippen LogP contribution in [0.5, 0.6) is 0 Å². The molecule has 2 atom stereocenters. The van der Waals surface area contributed by atoms with Gasteiger partial charge in [0, 0.05) is 14.1 Å². The van der Waals surface area contributed by atoms with E-state index in [1.165, 1.54) is 12.0 Å². The summed E-state index contributed by atoms with van der Waals surface area (Å²) in [6.07, 6.45) is 0.643. The number of nitrogens with zero attached hydrogens (tertiary/aromatic N) is 1. The van der Waals surface area contributed by atoms with Crippen molar-refractivity contribution in [3.8, 4) is 0 Å². The summed E-state index contributed by atoms with van der Waals surface area (Å²) >= 11 is 0. The Balaban J connectivity index is 2.42. The molecule has 0 bridgehead atoms. The van der Waals surface area contributed by atoms with Crippen molar-refractivity contribution < 1.29 is 14.3 Å². The van der Waals surface area contributed by atoms with Crippen LogP contribution in [0.1, 0.15) is 6.42 Å². The molecule has 0 heterocycles. The summed E-state index contributed by atoms with van der Waals surface area (Å²) in [7, 11) is 4.72. The summed E-state index contributed by atoms with van der Waals surface area (Å²) in [5, 5.41) is 0. The molecule has 0 radical (unpaired) electrons. The van der Waals surface area contributed by atoms with Gasteiger partial charge in [-0.05, 0) is 6.42 Å². The second kappa shape index (κ2) is 3.13. The van der Waals surface area contributed by atoms with Crippen molar-refractivity contribution in [2.45, 2.75) is 6.42 Å². The van der Waals surface area contributed by atoms with Gasteiger partial charge >= 0.3 is 5.97 Å². The van der Waals surface area contributed by atoms with E-state index in [1.807, 2.05) is 0 Å². The van der Waals surface area contributed by atoms with Gasteiger partial charge in [-0.25, -0.2) is 0 Å². The average Bonchev–Trinajstić information content (AvgIpc) is 2.80. The zero-order valence-corrected chi connectivity index (χ0v) is 7.53. The van der Waals surface area contributed by atoms with Crippen molar-refractivity contribution >= 4 is 11.9 Å². The lowest BCUT2D eigenvalue weighted by Crippen LogP contribution is -2.25. The van der Waals surface area contributed by atoms with E-state index >= 15 is 0 Å². The number of esters is 1. The molecule has 1 rings (SSSR count). The van der Waals surface area contributed by atoms with E-state index in [1.54, 1.807) is 14.1 Å². The van der Waals surface area contributed by atoms with Crippen molar-refractivity contribution in [2.24, 2.45) is 11.8 Å². The molecule has 4 heteroatoms. The highest BCUT2D eigenvalue weighted by Gasteiger charge is 2.49. The van der Waals surface area contributed by atoms with E-state index in [4.69, 9.17) is 0 Å². The number of rotatable bonds is 2. The smallest absolute Gasteiger partial charge is 0.309 e. The van der Waals surface area contributed by atoms with E-state index in [-0.39, 0.29) is 23.7 Å². The minimum absolute atomic E-state index is 0.0189. The third-order valence-electron chi connectivity index (χ3n) is 2.05. The molecule has 1 fully saturated rings. The summed E-state index contributed by atoms with van der Waals surface area (Å²) in [4.78, 5) is 23.7. The molecule has 12 heavy (non-hydrogen) atoms. The molecule has 0 saturated heterocycles. The average molecular weight is 171 g/mol. The Hall–Kier alpha value is -1.06. The molecule has 0 aromatic carbocycles. The predicted molar refractivity (Wildman–Crippen MR) is 42.3 cm³/mol. The number of carbonyl (C=O) groups is 2. The Kier molecular flexibility index (Phi) is 2.35. The van der Waals surface area contributed by atoms with Gasteiger partial charge in [0.05, 0.1) is 18.9 Å². The van der Waals surface area contributed by atoms with Gasteiger partial charge in [-0.15, -0.1) is 0 Å². The number of hydrogen-bond donors (Lipinski definition) is 0. The normalized spacial score (nSPS) is 26.2. The Morgan fingerprint density at radius 2 is 1.92 bits per heavy atom. The molecule has 0 aromatic rings. The molecule has 0 unspecified atom stereocenters. The van der Waals surface area contributed by atoms with Crippen LogP contribution >= 0.6 is 0 Å². The lowest BCUT2D eigenvalue weighted by atomic mass is 10.3. The van der Waals surface area contributed by atoms with Crippen molar-refractivity contribution in [3.05, 3.63) is 0 Å². The Bertz CT molecular complexity index is 212. The lowest BCUT2D eigenvalue weighted by Gasteiger charge is -2.08. The van der Waals surface area contributed by atoms with Crippen LogP contribution in [-0.2, 0) is 14.3 Å². The van der Waals surface area contributed by atoms with E-state index < -0.39 is 0 Å². The van der Waals surface area contributed by atoms with Gasteiger partial charge < -0.3 is 9.64 Å². The fourth-order valence-electron chi connectivity index (χ4n) is 1.21. The molecule has 0 aliphatic heterocycles. The molecule has 1 aliphatic rings. The summed E-state index contributed by atoms with van der Waals surface area (Å²) < 4.78 is 4.52. The maximum absolute atomic E-state index is 11.3. The number of methoxy groups -OCH3 is 1. The number of amides is 1. The quantitative estimate of drug-likeness (QED) is 0.544. The Morgan fingerprint density at radius 3 is 2.33 bits per heavy atom. The molecule has 0 aromatic heterocycles. The predicted octanol–water partition coefficient (Wildman–Crippen LogP) is -0.116. The molecular weight excluding hydrogens is 158 g/mol. The molecule has 0 N–H and O–H groups in total. The van der Waals surface area contributed by atoms with Gasteiger partial charge in [0.1, 0.15) is 0 Å². The summed E-state index contributed by atoms with van der Waals surface area (Å²) in [5.74, 6) is -0.571. The molecule has 1 saturated carbocycles. The molecule has 68 valence electrons. The van der Waals surface area contributed by atoms with Crippen LogP contribution in [0.2, 0.25) is 0 Å². The van der Waals surface area contributed by atoms with Crippen molar-refractivity contribution in [3.63, 3.8) is 0 Å². The first-order valence-electron chi connectivity index (χ1n) is 3.87.